The summed E-state index contributed by atoms with van der Waals surface area (Å²) in [5.74, 6) is 2.49. The van der Waals surface area contributed by atoms with Gasteiger partial charge in [-0.1, -0.05) is 53.2 Å². The van der Waals surface area contributed by atoms with E-state index in [2.05, 4.69) is 52.6 Å². The second-order valence-corrected chi connectivity index (χ2v) is 8.74. The lowest BCUT2D eigenvalue weighted by Gasteiger charge is -2.04. The molecule has 0 unspecified atom stereocenters. The van der Waals surface area contributed by atoms with Gasteiger partial charge >= 0.3 is 0 Å². The van der Waals surface area contributed by atoms with Gasteiger partial charge in [0.15, 0.2) is 11.0 Å². The topological polar surface area (TPSA) is 52.8 Å². The molecule has 7 heteroatoms. The lowest BCUT2D eigenvalue weighted by Crippen LogP contribution is -1.96. The average molecular weight is 423 g/mol. The number of hydrogen-bond acceptors (Lipinski definition) is 6. The highest BCUT2D eigenvalue weighted by atomic mass is 32.2. The van der Waals surface area contributed by atoms with E-state index in [-0.39, 0.29) is 0 Å². The Morgan fingerprint density at radius 1 is 1.03 bits per heavy atom. The van der Waals surface area contributed by atoms with Crippen LogP contribution in [0.4, 0.5) is 0 Å². The van der Waals surface area contributed by atoms with E-state index in [0.29, 0.717) is 6.61 Å². The van der Waals surface area contributed by atoms with Crippen molar-refractivity contribution in [1.29, 1.82) is 0 Å². The molecule has 0 spiro atoms. The number of ether oxygens (including phenoxy) is 1. The fourth-order valence-electron chi connectivity index (χ4n) is 2.88. The van der Waals surface area contributed by atoms with Crippen molar-refractivity contribution in [1.82, 2.24) is 19.7 Å². The van der Waals surface area contributed by atoms with Crippen LogP contribution in [0.15, 0.2) is 59.1 Å². The van der Waals surface area contributed by atoms with Crippen LogP contribution in [-0.2, 0) is 19.4 Å². The molecular formula is C22H22N4OS2. The zero-order chi connectivity index (χ0) is 20.2. The average Bonchev–Trinajstić information content (AvgIpc) is 3.32. The van der Waals surface area contributed by atoms with Gasteiger partial charge in [0.2, 0.25) is 0 Å². The zero-order valence-electron chi connectivity index (χ0n) is 16.6. The smallest absolute Gasteiger partial charge is 0.191 e. The van der Waals surface area contributed by atoms with E-state index in [9.17, 15) is 0 Å². The maximum Gasteiger partial charge on any atom is 0.191 e. The van der Waals surface area contributed by atoms with Crippen LogP contribution in [0.5, 0.6) is 5.75 Å². The van der Waals surface area contributed by atoms with Crippen molar-refractivity contribution >= 4 is 23.1 Å². The van der Waals surface area contributed by atoms with Gasteiger partial charge in [-0.25, -0.2) is 4.98 Å². The van der Waals surface area contributed by atoms with Crippen LogP contribution < -0.4 is 4.74 Å². The molecule has 2 aromatic carbocycles. The Morgan fingerprint density at radius 2 is 1.86 bits per heavy atom. The zero-order valence-corrected chi connectivity index (χ0v) is 18.3. The largest absolute Gasteiger partial charge is 0.486 e. The molecule has 0 bridgehead atoms. The molecule has 0 atom stereocenters. The van der Waals surface area contributed by atoms with Crippen LogP contribution in [0.1, 0.15) is 21.8 Å². The summed E-state index contributed by atoms with van der Waals surface area (Å²) in [6.45, 7) is 4.63. The Balaban J connectivity index is 1.36. The molecule has 0 aliphatic carbocycles. The first kappa shape index (κ1) is 19.7. The highest BCUT2D eigenvalue weighted by molar-refractivity contribution is 7.98. The van der Waals surface area contributed by atoms with E-state index in [4.69, 9.17) is 4.74 Å². The van der Waals surface area contributed by atoms with Crippen LogP contribution in [0.2, 0.25) is 0 Å². The van der Waals surface area contributed by atoms with Crippen molar-refractivity contribution in [3.63, 3.8) is 0 Å². The first-order valence-electron chi connectivity index (χ1n) is 9.30. The summed E-state index contributed by atoms with van der Waals surface area (Å²) in [4.78, 5) is 4.68. The number of aromatic nitrogens is 4. The molecule has 0 saturated carbocycles. The molecule has 148 valence electrons. The summed E-state index contributed by atoms with van der Waals surface area (Å²) >= 11 is 3.26. The molecule has 2 heterocycles. The molecule has 4 rings (SSSR count). The van der Waals surface area contributed by atoms with Gasteiger partial charge in [0, 0.05) is 23.7 Å². The minimum Gasteiger partial charge on any atom is -0.486 e. The van der Waals surface area contributed by atoms with Crippen molar-refractivity contribution in [3.8, 4) is 17.1 Å². The maximum atomic E-state index is 5.82. The van der Waals surface area contributed by atoms with Gasteiger partial charge in [0.1, 0.15) is 17.4 Å². The summed E-state index contributed by atoms with van der Waals surface area (Å²) in [5, 5.41) is 12.7. The molecule has 0 aliphatic rings. The Hall–Kier alpha value is -2.64. The Bertz CT molecular complexity index is 1100. The second-order valence-electron chi connectivity index (χ2n) is 6.86. The third-order valence-electron chi connectivity index (χ3n) is 4.44. The second kappa shape index (κ2) is 8.80. The number of hydrogen-bond donors (Lipinski definition) is 0. The molecule has 2 aromatic heterocycles. The summed E-state index contributed by atoms with van der Waals surface area (Å²) in [6, 6.07) is 16.4. The molecule has 0 aliphatic heterocycles. The summed E-state index contributed by atoms with van der Waals surface area (Å²) < 4.78 is 7.85. The van der Waals surface area contributed by atoms with Crippen LogP contribution in [0.3, 0.4) is 0 Å². The van der Waals surface area contributed by atoms with Crippen molar-refractivity contribution in [2.24, 2.45) is 7.05 Å². The predicted molar refractivity (Wildman–Crippen MR) is 118 cm³/mol. The van der Waals surface area contributed by atoms with Gasteiger partial charge in [-0.05, 0) is 32.0 Å². The standard InChI is InChI=1S/C22H22N4OS2/c1-15-7-9-19(10-8-15)27-12-20-23-18(13-28-20)14-29-22-25-24-21(26(22)3)17-6-4-5-16(2)11-17/h4-11,13H,12,14H2,1-3H3. The van der Waals surface area contributed by atoms with Gasteiger partial charge < -0.3 is 9.30 Å². The first-order chi connectivity index (χ1) is 14.1. The molecule has 0 saturated heterocycles. The van der Waals surface area contributed by atoms with Gasteiger partial charge in [-0.2, -0.15) is 0 Å². The molecule has 0 radical (unpaired) electrons. The third-order valence-corrected chi connectivity index (χ3v) is 6.37. The van der Waals surface area contributed by atoms with Crippen molar-refractivity contribution in [2.45, 2.75) is 31.4 Å². The molecule has 4 aromatic rings. The Labute approximate surface area is 178 Å². The highest BCUT2D eigenvalue weighted by Gasteiger charge is 2.12. The summed E-state index contributed by atoms with van der Waals surface area (Å²) in [7, 11) is 2.00. The quantitative estimate of drug-likeness (QED) is 0.372. The van der Waals surface area contributed by atoms with Gasteiger partial charge in [-0.15, -0.1) is 21.5 Å². The SMILES string of the molecule is Cc1ccc(OCc2nc(CSc3nnc(-c4cccc(C)c4)n3C)cs2)cc1. The lowest BCUT2D eigenvalue weighted by molar-refractivity contribution is 0.305. The Morgan fingerprint density at radius 3 is 2.66 bits per heavy atom. The number of thiazole rings is 1. The lowest BCUT2D eigenvalue weighted by atomic mass is 10.1. The van der Waals surface area contributed by atoms with Gasteiger partial charge in [0.05, 0.1) is 5.69 Å². The number of benzene rings is 2. The fourth-order valence-corrected chi connectivity index (χ4v) is 4.49. The highest BCUT2D eigenvalue weighted by Crippen LogP contribution is 2.26. The first-order valence-corrected chi connectivity index (χ1v) is 11.2. The maximum absolute atomic E-state index is 5.82. The molecule has 5 nitrogen and oxygen atoms in total. The molecular weight excluding hydrogens is 400 g/mol. The molecule has 0 N–H and O–H groups in total. The van der Waals surface area contributed by atoms with E-state index in [0.717, 1.165) is 38.7 Å². The monoisotopic (exact) mass is 422 g/mol. The van der Waals surface area contributed by atoms with Crippen LogP contribution in [0, 0.1) is 13.8 Å². The van der Waals surface area contributed by atoms with Crippen LogP contribution in [-0.4, -0.2) is 19.7 Å². The molecule has 0 fully saturated rings. The van der Waals surface area contributed by atoms with Crippen molar-refractivity contribution in [3.05, 3.63) is 75.7 Å². The van der Waals surface area contributed by atoms with Crippen LogP contribution >= 0.6 is 23.1 Å². The van der Waals surface area contributed by atoms with Gasteiger partial charge in [0.25, 0.3) is 0 Å². The van der Waals surface area contributed by atoms with E-state index in [1.54, 1.807) is 23.1 Å². The molecule has 0 amide bonds. The Kier molecular flexibility index (Phi) is 5.97. The normalized spacial score (nSPS) is 11.0. The predicted octanol–water partition coefficient (Wildman–Crippen LogP) is 5.43. The fraction of sp³-hybridized carbons (Fsp3) is 0.227. The van der Waals surface area contributed by atoms with Crippen molar-refractivity contribution in [2.75, 3.05) is 0 Å². The van der Waals surface area contributed by atoms with E-state index in [1.807, 2.05) is 41.9 Å². The molecule has 29 heavy (non-hydrogen) atoms. The summed E-state index contributed by atoms with van der Waals surface area (Å²) in [5.41, 5.74) is 4.54. The van der Waals surface area contributed by atoms with E-state index >= 15 is 0 Å². The van der Waals surface area contributed by atoms with Crippen LogP contribution in [0.25, 0.3) is 11.4 Å². The minimum absolute atomic E-state index is 0.486. The van der Waals surface area contributed by atoms with Crippen molar-refractivity contribution < 1.29 is 4.74 Å². The van der Waals surface area contributed by atoms with E-state index in [1.165, 1.54) is 11.1 Å². The van der Waals surface area contributed by atoms with Gasteiger partial charge in [-0.3, -0.25) is 0 Å². The number of aryl methyl sites for hydroxylation is 2. The third kappa shape index (κ3) is 4.86. The number of nitrogens with zero attached hydrogens (tertiary/aromatic N) is 4. The minimum atomic E-state index is 0.486. The number of rotatable bonds is 7. The van der Waals surface area contributed by atoms with E-state index < -0.39 is 0 Å². The summed E-state index contributed by atoms with van der Waals surface area (Å²) in [6.07, 6.45) is 0. The number of thioether (sulfide) groups is 1.